The zero-order valence-electron chi connectivity index (χ0n) is 18.4. The van der Waals surface area contributed by atoms with E-state index in [0.717, 1.165) is 20.8 Å². The fourth-order valence-corrected chi connectivity index (χ4v) is 4.84. The normalized spacial score (nSPS) is 13.8. The molecule has 9 heteroatoms. The van der Waals surface area contributed by atoms with Crippen LogP contribution in [-0.4, -0.2) is 32.5 Å². The Morgan fingerprint density at radius 2 is 1.73 bits per heavy atom. The lowest BCUT2D eigenvalue weighted by Gasteiger charge is -2.15. The van der Waals surface area contributed by atoms with Crippen LogP contribution < -0.4 is 10.2 Å². The molecule has 0 spiro atoms. The van der Waals surface area contributed by atoms with Crippen LogP contribution in [0.2, 0.25) is 0 Å². The minimum atomic E-state index is -0.370. The van der Waals surface area contributed by atoms with Crippen LogP contribution in [-0.2, 0) is 9.59 Å². The van der Waals surface area contributed by atoms with E-state index in [1.165, 1.54) is 22.5 Å². The molecule has 2 aromatic heterocycles. The van der Waals surface area contributed by atoms with E-state index < -0.39 is 0 Å². The molecule has 0 saturated carbocycles. The van der Waals surface area contributed by atoms with Crippen molar-refractivity contribution < 1.29 is 14.4 Å². The Hall–Kier alpha value is -3.85. The van der Waals surface area contributed by atoms with Crippen molar-refractivity contribution in [3.63, 3.8) is 0 Å². The first-order valence-corrected chi connectivity index (χ1v) is 11.3. The summed E-state index contributed by atoms with van der Waals surface area (Å²) in [4.78, 5) is 43.0. The third-order valence-corrected chi connectivity index (χ3v) is 6.66. The number of amides is 3. The van der Waals surface area contributed by atoms with Crippen molar-refractivity contribution in [2.24, 2.45) is 0 Å². The molecule has 0 aliphatic carbocycles. The number of hydrogen-bond donors (Lipinski definition) is 1. The minimum absolute atomic E-state index is 0.189. The van der Waals surface area contributed by atoms with Gasteiger partial charge in [-0.2, -0.15) is 9.78 Å². The van der Waals surface area contributed by atoms with E-state index in [9.17, 15) is 14.4 Å². The molecule has 33 heavy (non-hydrogen) atoms. The van der Waals surface area contributed by atoms with Gasteiger partial charge in [-0.1, -0.05) is 17.4 Å². The second-order valence-corrected chi connectivity index (χ2v) is 9.12. The number of imide groups is 1. The number of nitrogens with zero attached hydrogens (tertiary/aromatic N) is 4. The maximum atomic E-state index is 13.0. The van der Waals surface area contributed by atoms with E-state index in [1.807, 2.05) is 13.0 Å². The fraction of sp³-hybridized carbons (Fsp3) is 0.208. The van der Waals surface area contributed by atoms with Gasteiger partial charge < -0.3 is 5.32 Å². The molecule has 0 atom stereocenters. The Balaban J connectivity index is 1.45. The molecule has 1 fully saturated rings. The first-order valence-electron chi connectivity index (χ1n) is 10.5. The molecular weight excluding hydrogens is 438 g/mol. The summed E-state index contributed by atoms with van der Waals surface area (Å²) in [6, 6.07) is 12.4. The molecule has 0 radical (unpaired) electrons. The molecular formula is C24H21N5O3S. The lowest BCUT2D eigenvalue weighted by Crippen LogP contribution is -2.28. The smallest absolute Gasteiger partial charge is 0.256 e. The van der Waals surface area contributed by atoms with Gasteiger partial charge in [-0.15, -0.1) is 0 Å². The topological polar surface area (TPSA) is 97.2 Å². The van der Waals surface area contributed by atoms with E-state index in [-0.39, 0.29) is 30.6 Å². The summed E-state index contributed by atoms with van der Waals surface area (Å²) in [6.45, 7) is 5.96. The van der Waals surface area contributed by atoms with Gasteiger partial charge in [0.1, 0.15) is 5.82 Å². The molecule has 8 nitrogen and oxygen atoms in total. The second kappa shape index (κ2) is 7.93. The number of nitrogens with one attached hydrogen (secondary N) is 1. The van der Waals surface area contributed by atoms with Crippen molar-refractivity contribution in [2.45, 2.75) is 33.6 Å². The number of thiazole rings is 1. The van der Waals surface area contributed by atoms with Crippen molar-refractivity contribution in [3.05, 3.63) is 64.8 Å². The van der Waals surface area contributed by atoms with Crippen LogP contribution in [0.25, 0.3) is 15.3 Å². The van der Waals surface area contributed by atoms with Crippen molar-refractivity contribution in [1.29, 1.82) is 0 Å². The highest BCUT2D eigenvalue weighted by Gasteiger charge is 2.30. The van der Waals surface area contributed by atoms with E-state index in [0.29, 0.717) is 22.2 Å². The summed E-state index contributed by atoms with van der Waals surface area (Å²) in [5, 5.41) is 8.07. The van der Waals surface area contributed by atoms with Gasteiger partial charge in [0.25, 0.3) is 5.91 Å². The molecule has 1 N–H and O–H groups in total. The molecule has 0 unspecified atom stereocenters. The molecule has 166 valence electrons. The summed E-state index contributed by atoms with van der Waals surface area (Å²) in [6.07, 6.45) is 0.379. The number of aryl methyl sites for hydroxylation is 3. The van der Waals surface area contributed by atoms with Crippen LogP contribution in [0, 0.1) is 20.8 Å². The quantitative estimate of drug-likeness (QED) is 0.459. The van der Waals surface area contributed by atoms with Gasteiger partial charge in [-0.05, 0) is 62.2 Å². The lowest BCUT2D eigenvalue weighted by molar-refractivity contribution is -0.121. The average Bonchev–Trinajstić information content (AvgIpc) is 3.45. The van der Waals surface area contributed by atoms with Gasteiger partial charge in [0, 0.05) is 24.5 Å². The van der Waals surface area contributed by atoms with E-state index in [1.54, 1.807) is 35.0 Å². The zero-order valence-corrected chi connectivity index (χ0v) is 19.2. The van der Waals surface area contributed by atoms with Crippen LogP contribution in [0.3, 0.4) is 0 Å². The summed E-state index contributed by atoms with van der Waals surface area (Å²) >= 11 is 1.50. The second-order valence-electron chi connectivity index (χ2n) is 8.11. The monoisotopic (exact) mass is 459 g/mol. The highest BCUT2D eigenvalue weighted by atomic mass is 32.1. The predicted octanol–water partition coefficient (Wildman–Crippen LogP) is 4.31. The third-order valence-electron chi connectivity index (χ3n) is 5.67. The van der Waals surface area contributed by atoms with Crippen LogP contribution in [0.4, 0.5) is 11.5 Å². The number of benzene rings is 2. The Morgan fingerprint density at radius 3 is 2.48 bits per heavy atom. The van der Waals surface area contributed by atoms with Crippen LogP contribution in [0.15, 0.2) is 42.5 Å². The first kappa shape index (κ1) is 21.0. The standard InChI is InChI=1S/C24H21N5O3S/c1-13-9-18-19(10-14(13)2)33-24(25-18)29-20(11-15(3)27-29)26-23(32)16-5-4-6-17(12-16)28-21(30)7-8-22(28)31/h4-6,9-12H,7-8H2,1-3H3,(H,26,32). The minimum Gasteiger partial charge on any atom is -0.306 e. The van der Waals surface area contributed by atoms with Crippen LogP contribution in [0.1, 0.15) is 40.0 Å². The molecule has 4 aromatic rings. The summed E-state index contributed by atoms with van der Waals surface area (Å²) in [5.74, 6) is -0.395. The summed E-state index contributed by atoms with van der Waals surface area (Å²) in [7, 11) is 0. The lowest BCUT2D eigenvalue weighted by atomic mass is 10.1. The zero-order chi connectivity index (χ0) is 23.3. The number of hydrogen-bond acceptors (Lipinski definition) is 6. The number of rotatable bonds is 4. The molecule has 0 bridgehead atoms. The summed E-state index contributed by atoms with van der Waals surface area (Å²) < 4.78 is 2.67. The van der Waals surface area contributed by atoms with Crippen molar-refractivity contribution in [1.82, 2.24) is 14.8 Å². The number of anilines is 2. The third kappa shape index (κ3) is 3.80. The predicted molar refractivity (Wildman–Crippen MR) is 127 cm³/mol. The highest BCUT2D eigenvalue weighted by molar-refractivity contribution is 7.20. The van der Waals surface area contributed by atoms with Gasteiger partial charge in [-0.3, -0.25) is 19.3 Å². The van der Waals surface area contributed by atoms with Gasteiger partial charge in [-0.25, -0.2) is 4.98 Å². The molecule has 5 rings (SSSR count). The molecule has 3 amide bonds. The number of fused-ring (bicyclic) bond motifs is 1. The van der Waals surface area contributed by atoms with E-state index in [4.69, 9.17) is 4.98 Å². The van der Waals surface area contributed by atoms with Gasteiger partial charge in [0.2, 0.25) is 16.9 Å². The number of aromatic nitrogens is 3. The van der Waals surface area contributed by atoms with E-state index >= 15 is 0 Å². The molecule has 1 saturated heterocycles. The molecule has 1 aliphatic heterocycles. The Bertz CT molecular complexity index is 1400. The average molecular weight is 460 g/mol. The highest BCUT2D eigenvalue weighted by Crippen LogP contribution is 2.30. The Labute approximate surface area is 193 Å². The van der Waals surface area contributed by atoms with E-state index in [2.05, 4.69) is 30.3 Å². The van der Waals surface area contributed by atoms with Crippen LogP contribution in [0.5, 0.6) is 0 Å². The van der Waals surface area contributed by atoms with Gasteiger partial charge in [0.05, 0.1) is 21.6 Å². The molecule has 3 heterocycles. The SMILES string of the molecule is Cc1cc(NC(=O)c2cccc(N3C(=O)CCC3=O)c2)n(-c2nc3cc(C)c(C)cc3s2)n1. The Morgan fingerprint density at radius 1 is 1.00 bits per heavy atom. The molecule has 2 aromatic carbocycles. The summed E-state index contributed by atoms with van der Waals surface area (Å²) in [5.41, 5.74) is 4.71. The van der Waals surface area contributed by atoms with Gasteiger partial charge >= 0.3 is 0 Å². The van der Waals surface area contributed by atoms with Crippen molar-refractivity contribution in [3.8, 4) is 5.13 Å². The fourth-order valence-electron chi connectivity index (χ4n) is 3.83. The largest absolute Gasteiger partial charge is 0.306 e. The van der Waals surface area contributed by atoms with Gasteiger partial charge in [0.15, 0.2) is 0 Å². The maximum absolute atomic E-state index is 13.0. The Kier molecular flexibility index (Phi) is 5.05. The number of carbonyl (C=O) groups excluding carboxylic acids is 3. The molecule has 1 aliphatic rings. The van der Waals surface area contributed by atoms with Crippen molar-refractivity contribution in [2.75, 3.05) is 10.2 Å². The number of carbonyl (C=O) groups is 3. The maximum Gasteiger partial charge on any atom is 0.256 e. The van der Waals surface area contributed by atoms with Crippen LogP contribution >= 0.6 is 11.3 Å². The van der Waals surface area contributed by atoms with Crippen molar-refractivity contribution >= 4 is 50.8 Å². The first-order chi connectivity index (χ1) is 15.8.